The van der Waals surface area contributed by atoms with E-state index in [9.17, 15) is 4.79 Å². The fourth-order valence-corrected chi connectivity index (χ4v) is 2.80. The lowest BCUT2D eigenvalue weighted by atomic mass is 9.96. The molecule has 0 bridgehead atoms. The molecule has 20 heavy (non-hydrogen) atoms. The van der Waals surface area contributed by atoms with Gasteiger partial charge in [-0.2, -0.15) is 0 Å². The highest BCUT2D eigenvalue weighted by Gasteiger charge is 2.13. The predicted molar refractivity (Wildman–Crippen MR) is 84.0 cm³/mol. The van der Waals surface area contributed by atoms with Gasteiger partial charge in [-0.15, -0.1) is 0 Å². The van der Waals surface area contributed by atoms with Crippen molar-refractivity contribution in [2.45, 2.75) is 51.0 Å². The number of nitrogens with one attached hydrogen (secondary N) is 2. The van der Waals surface area contributed by atoms with Crippen LogP contribution in [0.5, 0.6) is 0 Å². The molecular formula is C16H25N3O. The van der Waals surface area contributed by atoms with Crippen molar-refractivity contribution < 1.29 is 4.79 Å². The molecule has 0 saturated heterocycles. The lowest BCUT2D eigenvalue weighted by molar-refractivity contribution is 0.0963. The van der Waals surface area contributed by atoms with Gasteiger partial charge in [0, 0.05) is 18.7 Å². The number of hydrogen-bond donors (Lipinski definition) is 3. The van der Waals surface area contributed by atoms with Crippen LogP contribution in [0.1, 0.15) is 55.3 Å². The van der Waals surface area contributed by atoms with E-state index in [1.807, 2.05) is 12.1 Å². The number of carbonyl (C=O) groups excluding carboxylic acids is 1. The Bertz CT molecular complexity index is 451. The summed E-state index contributed by atoms with van der Waals surface area (Å²) in [5.41, 5.74) is 8.26. The van der Waals surface area contributed by atoms with Gasteiger partial charge in [0.05, 0.1) is 11.4 Å². The van der Waals surface area contributed by atoms with Gasteiger partial charge in [-0.05, 0) is 31.0 Å². The summed E-state index contributed by atoms with van der Waals surface area (Å²) in [7, 11) is 1.62. The number of amides is 1. The second-order valence-corrected chi connectivity index (χ2v) is 5.57. The molecule has 1 amide bonds. The number of nitrogens with two attached hydrogens (primary N) is 1. The Kier molecular flexibility index (Phi) is 5.27. The van der Waals surface area contributed by atoms with Crippen LogP contribution < -0.4 is 16.4 Å². The van der Waals surface area contributed by atoms with Crippen LogP contribution in [-0.4, -0.2) is 19.0 Å². The highest BCUT2D eigenvalue weighted by Crippen LogP contribution is 2.25. The van der Waals surface area contributed by atoms with Crippen LogP contribution in [0.4, 0.5) is 11.4 Å². The van der Waals surface area contributed by atoms with E-state index < -0.39 is 0 Å². The quantitative estimate of drug-likeness (QED) is 0.742. The number of carbonyl (C=O) groups is 1. The van der Waals surface area contributed by atoms with Gasteiger partial charge in [-0.1, -0.05) is 32.1 Å². The summed E-state index contributed by atoms with van der Waals surface area (Å²) in [5.74, 6) is -0.103. The number of benzene rings is 1. The lowest BCUT2D eigenvalue weighted by Gasteiger charge is -2.23. The summed E-state index contributed by atoms with van der Waals surface area (Å²) in [6.07, 6.45) is 9.03. The second kappa shape index (κ2) is 7.17. The first-order valence-corrected chi connectivity index (χ1v) is 7.59. The fourth-order valence-electron chi connectivity index (χ4n) is 2.80. The number of nitrogen functional groups attached to an aromatic ring is 1. The maximum Gasteiger partial charge on any atom is 0.251 e. The van der Waals surface area contributed by atoms with Gasteiger partial charge >= 0.3 is 0 Å². The molecule has 0 aromatic heterocycles. The SMILES string of the molecule is CNC(=O)c1ccc(NC2CCCCCCC2)c(N)c1. The molecule has 1 aromatic carbocycles. The van der Waals surface area contributed by atoms with Crippen LogP contribution in [0, 0.1) is 0 Å². The zero-order valence-electron chi connectivity index (χ0n) is 12.2. The molecular weight excluding hydrogens is 250 g/mol. The van der Waals surface area contributed by atoms with Crippen molar-refractivity contribution in [1.82, 2.24) is 5.32 Å². The molecule has 0 atom stereocenters. The summed E-state index contributed by atoms with van der Waals surface area (Å²) in [6.45, 7) is 0. The average molecular weight is 275 g/mol. The van der Waals surface area contributed by atoms with Gasteiger partial charge in [0.1, 0.15) is 0 Å². The van der Waals surface area contributed by atoms with Gasteiger partial charge in [0.15, 0.2) is 0 Å². The standard InChI is InChI=1S/C16H25N3O/c1-18-16(20)12-9-10-15(14(17)11-12)19-13-7-5-3-2-4-6-8-13/h9-11,13,19H,2-8,17H2,1H3,(H,18,20). The molecule has 1 fully saturated rings. The summed E-state index contributed by atoms with van der Waals surface area (Å²) in [6, 6.07) is 5.98. The highest BCUT2D eigenvalue weighted by molar-refractivity contribution is 5.95. The maximum absolute atomic E-state index is 11.6. The van der Waals surface area contributed by atoms with E-state index in [1.165, 1.54) is 44.9 Å². The number of hydrogen-bond acceptors (Lipinski definition) is 3. The topological polar surface area (TPSA) is 67.2 Å². The Balaban J connectivity index is 2.03. The van der Waals surface area contributed by atoms with Crippen molar-refractivity contribution in [3.8, 4) is 0 Å². The molecule has 0 aliphatic heterocycles. The zero-order chi connectivity index (χ0) is 14.4. The van der Waals surface area contributed by atoms with E-state index in [2.05, 4.69) is 10.6 Å². The summed E-state index contributed by atoms with van der Waals surface area (Å²) in [5, 5.41) is 6.15. The number of rotatable bonds is 3. The smallest absolute Gasteiger partial charge is 0.251 e. The Morgan fingerprint density at radius 1 is 1.15 bits per heavy atom. The Hall–Kier alpha value is -1.71. The van der Waals surface area contributed by atoms with Crippen molar-refractivity contribution >= 4 is 17.3 Å². The Morgan fingerprint density at radius 2 is 1.80 bits per heavy atom. The van der Waals surface area contributed by atoms with Crippen molar-refractivity contribution in [1.29, 1.82) is 0 Å². The van der Waals surface area contributed by atoms with E-state index in [4.69, 9.17) is 5.73 Å². The summed E-state index contributed by atoms with van der Waals surface area (Å²) < 4.78 is 0. The summed E-state index contributed by atoms with van der Waals surface area (Å²) >= 11 is 0. The fraction of sp³-hybridized carbons (Fsp3) is 0.562. The van der Waals surface area contributed by atoms with E-state index in [1.54, 1.807) is 13.1 Å². The molecule has 110 valence electrons. The van der Waals surface area contributed by atoms with Crippen LogP contribution in [-0.2, 0) is 0 Å². The molecule has 4 nitrogen and oxygen atoms in total. The summed E-state index contributed by atoms with van der Waals surface area (Å²) in [4.78, 5) is 11.6. The molecule has 1 saturated carbocycles. The molecule has 0 radical (unpaired) electrons. The Morgan fingerprint density at radius 3 is 2.40 bits per heavy atom. The van der Waals surface area contributed by atoms with Gasteiger partial charge in [-0.3, -0.25) is 4.79 Å². The van der Waals surface area contributed by atoms with Crippen LogP contribution >= 0.6 is 0 Å². The normalized spacial score (nSPS) is 17.1. The van der Waals surface area contributed by atoms with Crippen LogP contribution in [0.25, 0.3) is 0 Å². The van der Waals surface area contributed by atoms with E-state index >= 15 is 0 Å². The first-order chi connectivity index (χ1) is 9.70. The van der Waals surface area contributed by atoms with Crippen LogP contribution in [0.3, 0.4) is 0 Å². The van der Waals surface area contributed by atoms with E-state index in [-0.39, 0.29) is 5.91 Å². The second-order valence-electron chi connectivity index (χ2n) is 5.57. The Labute approximate surface area is 121 Å². The predicted octanol–water partition coefficient (Wildman–Crippen LogP) is 3.15. The number of anilines is 2. The highest BCUT2D eigenvalue weighted by atomic mass is 16.1. The minimum atomic E-state index is -0.103. The largest absolute Gasteiger partial charge is 0.397 e. The molecule has 1 aliphatic rings. The molecule has 4 N–H and O–H groups in total. The van der Waals surface area contributed by atoms with Crippen LogP contribution in [0.2, 0.25) is 0 Å². The molecule has 4 heteroatoms. The monoisotopic (exact) mass is 275 g/mol. The minimum Gasteiger partial charge on any atom is -0.397 e. The van der Waals surface area contributed by atoms with Crippen molar-refractivity contribution in [2.75, 3.05) is 18.1 Å². The molecule has 0 unspecified atom stereocenters. The van der Waals surface area contributed by atoms with E-state index in [0.29, 0.717) is 17.3 Å². The third-order valence-corrected chi connectivity index (χ3v) is 4.01. The van der Waals surface area contributed by atoms with Gasteiger partial charge in [0.25, 0.3) is 5.91 Å². The van der Waals surface area contributed by atoms with Crippen LogP contribution in [0.15, 0.2) is 18.2 Å². The molecule has 1 aliphatic carbocycles. The van der Waals surface area contributed by atoms with Gasteiger partial charge in [0.2, 0.25) is 0 Å². The van der Waals surface area contributed by atoms with Gasteiger partial charge in [-0.25, -0.2) is 0 Å². The average Bonchev–Trinajstić information content (AvgIpc) is 2.42. The third kappa shape index (κ3) is 3.89. The molecule has 2 rings (SSSR count). The van der Waals surface area contributed by atoms with Crippen molar-refractivity contribution in [3.63, 3.8) is 0 Å². The first kappa shape index (κ1) is 14.7. The lowest BCUT2D eigenvalue weighted by Crippen LogP contribution is -2.22. The third-order valence-electron chi connectivity index (χ3n) is 4.01. The molecule has 0 heterocycles. The van der Waals surface area contributed by atoms with Crippen molar-refractivity contribution in [2.24, 2.45) is 0 Å². The van der Waals surface area contributed by atoms with E-state index in [0.717, 1.165) is 5.69 Å². The zero-order valence-corrected chi connectivity index (χ0v) is 12.2. The van der Waals surface area contributed by atoms with Crippen molar-refractivity contribution in [3.05, 3.63) is 23.8 Å². The molecule has 0 spiro atoms. The molecule has 1 aromatic rings. The first-order valence-electron chi connectivity index (χ1n) is 7.59. The minimum absolute atomic E-state index is 0.103. The maximum atomic E-state index is 11.6. The van der Waals surface area contributed by atoms with Gasteiger partial charge < -0.3 is 16.4 Å².